The zero-order valence-corrected chi connectivity index (χ0v) is 9.86. The van der Waals surface area contributed by atoms with Gasteiger partial charge in [0.15, 0.2) is 0 Å². The maximum Gasteiger partial charge on any atom is 0.328 e. The van der Waals surface area contributed by atoms with Crippen molar-refractivity contribution in [2.24, 2.45) is 5.73 Å². The number of nitrogens with two attached hydrogens (primary N) is 1. The molecule has 0 rings (SSSR count). The molecule has 0 aliphatic heterocycles. The molecular formula is C11H20N2O3. The summed E-state index contributed by atoms with van der Waals surface area (Å²) in [7, 11) is 1.31. The first kappa shape index (κ1) is 14.6. The second-order valence-electron chi connectivity index (χ2n) is 3.37. The highest BCUT2D eigenvalue weighted by Crippen LogP contribution is 2.02. The Bertz CT molecular complexity index is 252. The Morgan fingerprint density at radius 3 is 2.62 bits per heavy atom. The smallest absolute Gasteiger partial charge is 0.328 e. The number of hydrogen-bond acceptors (Lipinski definition) is 4. The molecule has 5 heteroatoms. The highest BCUT2D eigenvalue weighted by Gasteiger charge is 2.19. The number of nitrogens with one attached hydrogen (secondary N) is 1. The van der Waals surface area contributed by atoms with Gasteiger partial charge in [0.05, 0.1) is 7.11 Å². The Labute approximate surface area is 96.0 Å². The second kappa shape index (κ2) is 8.91. The van der Waals surface area contributed by atoms with Crippen LogP contribution in [0.1, 0.15) is 26.2 Å². The van der Waals surface area contributed by atoms with Crippen molar-refractivity contribution in [1.82, 2.24) is 5.32 Å². The molecule has 0 aromatic rings. The molecule has 0 spiro atoms. The summed E-state index contributed by atoms with van der Waals surface area (Å²) >= 11 is 0. The molecule has 1 unspecified atom stereocenters. The first-order valence-electron chi connectivity index (χ1n) is 5.36. The van der Waals surface area contributed by atoms with Gasteiger partial charge in [-0.1, -0.05) is 6.08 Å². The van der Waals surface area contributed by atoms with Crippen LogP contribution < -0.4 is 11.1 Å². The lowest BCUT2D eigenvalue weighted by Crippen LogP contribution is -2.40. The van der Waals surface area contributed by atoms with E-state index >= 15 is 0 Å². The molecule has 0 saturated carbocycles. The van der Waals surface area contributed by atoms with Crippen molar-refractivity contribution < 1.29 is 14.3 Å². The predicted octanol–water partition coefficient (Wildman–Crippen LogP) is 0.349. The molecule has 0 heterocycles. The van der Waals surface area contributed by atoms with Gasteiger partial charge in [-0.05, 0) is 38.8 Å². The van der Waals surface area contributed by atoms with E-state index in [9.17, 15) is 9.59 Å². The van der Waals surface area contributed by atoms with Gasteiger partial charge in [-0.25, -0.2) is 4.79 Å². The SMILES string of the molecule is CC=CC(=O)NC(CCCCN)C(=O)OC. The van der Waals surface area contributed by atoms with Crippen LogP contribution in [0.25, 0.3) is 0 Å². The molecule has 1 atom stereocenters. The minimum absolute atomic E-state index is 0.286. The van der Waals surface area contributed by atoms with Crippen LogP contribution in [-0.4, -0.2) is 31.6 Å². The van der Waals surface area contributed by atoms with Gasteiger partial charge in [0.2, 0.25) is 5.91 Å². The average molecular weight is 228 g/mol. The first-order chi connectivity index (χ1) is 7.65. The monoisotopic (exact) mass is 228 g/mol. The van der Waals surface area contributed by atoms with Crippen molar-refractivity contribution in [3.05, 3.63) is 12.2 Å². The topological polar surface area (TPSA) is 81.4 Å². The number of rotatable bonds is 7. The average Bonchev–Trinajstić information content (AvgIpc) is 2.27. The predicted molar refractivity (Wildman–Crippen MR) is 61.7 cm³/mol. The molecule has 16 heavy (non-hydrogen) atoms. The number of amides is 1. The standard InChI is InChI=1S/C11H20N2O3/c1-3-6-10(14)13-9(11(15)16-2)7-4-5-8-12/h3,6,9H,4-5,7-8,12H2,1-2H3,(H,13,14). The van der Waals surface area contributed by atoms with Crippen LogP contribution in [0.5, 0.6) is 0 Å². The number of esters is 1. The van der Waals surface area contributed by atoms with E-state index in [2.05, 4.69) is 10.1 Å². The maximum absolute atomic E-state index is 11.4. The lowest BCUT2D eigenvalue weighted by atomic mass is 10.1. The fourth-order valence-electron chi connectivity index (χ4n) is 1.26. The van der Waals surface area contributed by atoms with E-state index in [1.165, 1.54) is 13.2 Å². The van der Waals surface area contributed by atoms with Gasteiger partial charge in [0.25, 0.3) is 0 Å². The molecule has 0 saturated heterocycles. The second-order valence-corrected chi connectivity index (χ2v) is 3.37. The van der Waals surface area contributed by atoms with Crippen LogP contribution in [0.2, 0.25) is 0 Å². The molecule has 1 amide bonds. The van der Waals surface area contributed by atoms with Gasteiger partial charge in [0, 0.05) is 0 Å². The zero-order valence-electron chi connectivity index (χ0n) is 9.86. The number of allylic oxidation sites excluding steroid dienone is 1. The van der Waals surface area contributed by atoms with Crippen LogP contribution in [0.15, 0.2) is 12.2 Å². The highest BCUT2D eigenvalue weighted by atomic mass is 16.5. The van der Waals surface area contributed by atoms with Crippen molar-refractivity contribution in [2.75, 3.05) is 13.7 Å². The number of ether oxygens (including phenoxy) is 1. The van der Waals surface area contributed by atoms with Crippen LogP contribution in [0.3, 0.4) is 0 Å². The fraction of sp³-hybridized carbons (Fsp3) is 0.636. The first-order valence-corrected chi connectivity index (χ1v) is 5.36. The van der Waals surface area contributed by atoms with Gasteiger partial charge in [0.1, 0.15) is 6.04 Å². The van der Waals surface area contributed by atoms with Crippen molar-refractivity contribution in [3.63, 3.8) is 0 Å². The summed E-state index contributed by atoms with van der Waals surface area (Å²) in [4.78, 5) is 22.6. The van der Waals surface area contributed by atoms with Crippen LogP contribution in [0.4, 0.5) is 0 Å². The van der Waals surface area contributed by atoms with Crippen molar-refractivity contribution in [2.45, 2.75) is 32.2 Å². The van der Waals surface area contributed by atoms with Crippen molar-refractivity contribution in [1.29, 1.82) is 0 Å². The van der Waals surface area contributed by atoms with Gasteiger partial charge < -0.3 is 15.8 Å². The van der Waals surface area contributed by atoms with Gasteiger partial charge in [-0.3, -0.25) is 4.79 Å². The Morgan fingerprint density at radius 2 is 2.12 bits per heavy atom. The van der Waals surface area contributed by atoms with E-state index in [0.29, 0.717) is 13.0 Å². The molecule has 3 N–H and O–H groups in total. The third-order valence-electron chi connectivity index (χ3n) is 2.07. The molecule has 92 valence electrons. The molecule has 0 bridgehead atoms. The number of carbonyl (C=O) groups excluding carboxylic acids is 2. The zero-order chi connectivity index (χ0) is 12.4. The van der Waals surface area contributed by atoms with E-state index in [4.69, 9.17) is 5.73 Å². The third kappa shape index (κ3) is 6.19. The summed E-state index contributed by atoms with van der Waals surface area (Å²) in [6, 6.07) is -0.583. The lowest BCUT2D eigenvalue weighted by Gasteiger charge is -2.14. The van der Waals surface area contributed by atoms with Gasteiger partial charge in [-0.15, -0.1) is 0 Å². The maximum atomic E-state index is 11.4. The van der Waals surface area contributed by atoms with Gasteiger partial charge >= 0.3 is 5.97 Å². The molecule has 0 aromatic heterocycles. The summed E-state index contributed by atoms with van der Waals surface area (Å²) in [5, 5.41) is 2.59. The molecule has 0 aromatic carbocycles. The van der Waals surface area contributed by atoms with Crippen LogP contribution in [0, 0.1) is 0 Å². The Kier molecular flexibility index (Phi) is 8.15. The van der Waals surface area contributed by atoms with Crippen molar-refractivity contribution in [3.8, 4) is 0 Å². The summed E-state index contributed by atoms with van der Waals surface area (Å²) in [6.45, 7) is 2.32. The van der Waals surface area contributed by atoms with Gasteiger partial charge in [-0.2, -0.15) is 0 Å². The minimum atomic E-state index is -0.583. The van der Waals surface area contributed by atoms with Crippen LogP contribution in [-0.2, 0) is 14.3 Å². The summed E-state index contributed by atoms with van der Waals surface area (Å²) in [6.07, 6.45) is 5.15. The molecular weight excluding hydrogens is 208 g/mol. The number of hydrogen-bond donors (Lipinski definition) is 2. The van der Waals surface area contributed by atoms with Crippen molar-refractivity contribution >= 4 is 11.9 Å². The summed E-state index contributed by atoms with van der Waals surface area (Å²) in [5.41, 5.74) is 5.36. The Hall–Kier alpha value is -1.36. The van der Waals surface area contributed by atoms with E-state index in [0.717, 1.165) is 12.8 Å². The summed E-state index contributed by atoms with van der Waals surface area (Å²) < 4.78 is 4.61. The highest BCUT2D eigenvalue weighted by molar-refractivity contribution is 5.91. The number of carbonyl (C=O) groups is 2. The fourth-order valence-corrected chi connectivity index (χ4v) is 1.26. The summed E-state index contributed by atoms with van der Waals surface area (Å²) in [5.74, 6) is -0.708. The minimum Gasteiger partial charge on any atom is -0.467 e. The Morgan fingerprint density at radius 1 is 1.44 bits per heavy atom. The lowest BCUT2D eigenvalue weighted by molar-refractivity contribution is -0.144. The Balaban J connectivity index is 4.20. The normalized spacial score (nSPS) is 12.4. The molecule has 0 aliphatic rings. The largest absolute Gasteiger partial charge is 0.467 e. The van der Waals surface area contributed by atoms with E-state index < -0.39 is 12.0 Å². The molecule has 0 fully saturated rings. The molecule has 0 aliphatic carbocycles. The van der Waals surface area contributed by atoms with E-state index in [-0.39, 0.29) is 5.91 Å². The number of methoxy groups -OCH3 is 1. The van der Waals surface area contributed by atoms with Crippen LogP contribution >= 0.6 is 0 Å². The number of unbranched alkanes of at least 4 members (excludes halogenated alkanes) is 1. The molecule has 0 radical (unpaired) electrons. The van der Waals surface area contributed by atoms with E-state index in [1.807, 2.05) is 0 Å². The quantitative estimate of drug-likeness (QED) is 0.374. The molecule has 5 nitrogen and oxygen atoms in total. The van der Waals surface area contributed by atoms with E-state index in [1.54, 1.807) is 13.0 Å². The third-order valence-corrected chi connectivity index (χ3v) is 2.07.